The summed E-state index contributed by atoms with van der Waals surface area (Å²) in [6.45, 7) is 2.60. The Labute approximate surface area is 192 Å². The van der Waals surface area contributed by atoms with Crippen LogP contribution in [0.3, 0.4) is 0 Å². The Kier molecular flexibility index (Phi) is 4.98. The first-order valence-electron chi connectivity index (χ1n) is 10.2. The molecular weight excluding hydrogens is 440 g/mol. The zero-order chi connectivity index (χ0) is 24.0. The molecule has 3 aromatic rings. The molecule has 5 rings (SSSR count). The van der Waals surface area contributed by atoms with Crippen molar-refractivity contribution in [1.29, 1.82) is 0 Å². The Balaban J connectivity index is 1.60. The number of hydrogen-bond acceptors (Lipinski definition) is 8. The molecule has 0 spiro atoms. The molecule has 0 aromatic heterocycles. The van der Waals surface area contributed by atoms with E-state index >= 15 is 0 Å². The van der Waals surface area contributed by atoms with Crippen LogP contribution in [-0.2, 0) is 19.2 Å². The fraction of sp³-hybridized carbons (Fsp3) is 0.0769. The molecule has 0 amide bonds. The van der Waals surface area contributed by atoms with E-state index in [0.29, 0.717) is 55.7 Å². The maximum Gasteiger partial charge on any atom is 0.344 e. The van der Waals surface area contributed by atoms with Gasteiger partial charge in [-0.05, 0) is 47.5 Å². The van der Waals surface area contributed by atoms with Crippen LogP contribution in [0.5, 0.6) is 23.0 Å². The van der Waals surface area contributed by atoms with E-state index in [0.717, 1.165) is 0 Å². The molecule has 8 heteroatoms. The lowest BCUT2D eigenvalue weighted by Crippen LogP contribution is -2.11. The van der Waals surface area contributed by atoms with Crippen molar-refractivity contribution in [2.75, 3.05) is 0 Å². The Morgan fingerprint density at radius 3 is 1.29 bits per heavy atom. The second-order valence-corrected chi connectivity index (χ2v) is 7.61. The smallest absolute Gasteiger partial charge is 0.344 e. The van der Waals surface area contributed by atoms with Crippen molar-refractivity contribution >= 4 is 35.0 Å². The zero-order valence-corrected chi connectivity index (χ0v) is 18.0. The van der Waals surface area contributed by atoms with Crippen LogP contribution in [0.15, 0.2) is 60.7 Å². The lowest BCUT2D eigenvalue weighted by molar-refractivity contribution is -0.132. The summed E-state index contributed by atoms with van der Waals surface area (Å²) in [5.74, 6) is -0.677. The Hall–Kier alpha value is -4.72. The number of hydrogen-bond donors (Lipinski definition) is 0. The molecule has 0 N–H and O–H groups in total. The van der Waals surface area contributed by atoms with Crippen molar-refractivity contribution in [1.82, 2.24) is 0 Å². The summed E-state index contributed by atoms with van der Waals surface area (Å²) >= 11 is 0. The molecule has 2 aliphatic heterocycles. The minimum absolute atomic E-state index is 0.301. The first-order chi connectivity index (χ1) is 16.3. The van der Waals surface area contributed by atoms with Gasteiger partial charge in [0.25, 0.3) is 0 Å². The van der Waals surface area contributed by atoms with E-state index in [9.17, 15) is 19.2 Å². The normalized spacial score (nSPS) is 13.7. The van der Waals surface area contributed by atoms with Crippen molar-refractivity contribution in [3.05, 3.63) is 82.2 Å². The summed E-state index contributed by atoms with van der Waals surface area (Å²) in [5.41, 5.74) is 1.74. The predicted octanol–water partition coefficient (Wildman–Crippen LogP) is 1.77. The largest absolute Gasteiger partial charge is 0.427 e. The number of benzene rings is 3. The number of carbonyl (C=O) groups is 4. The zero-order valence-electron chi connectivity index (χ0n) is 18.0. The maximum absolute atomic E-state index is 12.7. The van der Waals surface area contributed by atoms with E-state index in [-0.39, 0.29) is 0 Å². The summed E-state index contributed by atoms with van der Waals surface area (Å²) in [6, 6.07) is 16.1. The molecule has 0 radical (unpaired) electrons. The second-order valence-electron chi connectivity index (χ2n) is 7.61. The van der Waals surface area contributed by atoms with Gasteiger partial charge >= 0.3 is 23.9 Å². The van der Waals surface area contributed by atoms with Crippen molar-refractivity contribution in [3.63, 3.8) is 0 Å². The molecule has 0 aliphatic carbocycles. The van der Waals surface area contributed by atoms with Crippen LogP contribution in [0.25, 0.3) is 11.1 Å². The maximum atomic E-state index is 12.7. The summed E-state index contributed by atoms with van der Waals surface area (Å²) in [7, 11) is 0. The van der Waals surface area contributed by atoms with Crippen molar-refractivity contribution in [3.8, 4) is 23.0 Å². The second kappa shape index (κ2) is 8.00. The molecule has 0 unspecified atom stereocenters. The van der Waals surface area contributed by atoms with Gasteiger partial charge in [0.05, 0.1) is 11.1 Å². The van der Waals surface area contributed by atoms with E-state index in [4.69, 9.17) is 18.9 Å². The number of fused-ring (bicyclic) bond motifs is 2. The number of rotatable bonds is 4. The summed E-state index contributed by atoms with van der Waals surface area (Å²) in [5, 5.41) is 0.978. The van der Waals surface area contributed by atoms with Crippen LogP contribution >= 0.6 is 0 Å². The van der Waals surface area contributed by atoms with Gasteiger partial charge in [0.1, 0.15) is 23.0 Å². The van der Waals surface area contributed by atoms with Gasteiger partial charge in [-0.25, -0.2) is 9.59 Å². The highest BCUT2D eigenvalue weighted by molar-refractivity contribution is 6.21. The van der Waals surface area contributed by atoms with Crippen molar-refractivity contribution in [2.45, 2.75) is 13.8 Å². The van der Waals surface area contributed by atoms with Crippen LogP contribution in [-0.4, -0.2) is 23.9 Å². The van der Waals surface area contributed by atoms with E-state index in [1.807, 2.05) is 0 Å². The van der Waals surface area contributed by atoms with Crippen LogP contribution in [0.1, 0.15) is 25.0 Å². The van der Waals surface area contributed by atoms with Gasteiger partial charge < -0.3 is 18.9 Å². The molecule has 168 valence electrons. The van der Waals surface area contributed by atoms with Gasteiger partial charge in [-0.15, -0.1) is 0 Å². The monoisotopic (exact) mass is 456 g/mol. The minimum atomic E-state index is -0.544. The van der Waals surface area contributed by atoms with E-state index in [1.54, 1.807) is 60.7 Å². The van der Waals surface area contributed by atoms with Gasteiger partial charge in [-0.3, -0.25) is 9.59 Å². The molecule has 8 nitrogen and oxygen atoms in total. The number of carbonyl (C=O) groups excluding carboxylic acids is 4. The molecule has 0 saturated heterocycles. The predicted molar refractivity (Wildman–Crippen MR) is 117 cm³/mol. The number of ether oxygens (including phenoxy) is 4. The Bertz CT molecular complexity index is 1400. The molecular formula is C26H16O8. The van der Waals surface area contributed by atoms with E-state index < -0.39 is 23.9 Å². The molecule has 0 atom stereocenters. The summed E-state index contributed by atoms with van der Waals surface area (Å²) < 4.78 is 21.0. The first kappa shape index (κ1) is 21.1. The highest BCUT2D eigenvalue weighted by atomic mass is 16.6. The third kappa shape index (κ3) is 3.71. The quantitative estimate of drug-likeness (QED) is 0.432. The van der Waals surface area contributed by atoms with Crippen LogP contribution in [0.4, 0.5) is 0 Å². The highest BCUT2D eigenvalue weighted by Gasteiger charge is 2.30. The third-order valence-corrected chi connectivity index (χ3v) is 5.24. The van der Waals surface area contributed by atoms with E-state index in [1.165, 1.54) is 13.8 Å². The highest BCUT2D eigenvalue weighted by Crippen LogP contribution is 2.28. The van der Waals surface area contributed by atoms with Gasteiger partial charge in [0, 0.05) is 24.3 Å². The van der Waals surface area contributed by atoms with Crippen LogP contribution < -0.4 is 29.4 Å². The first-order valence-corrected chi connectivity index (χ1v) is 10.2. The summed E-state index contributed by atoms with van der Waals surface area (Å²) in [6.07, 6.45) is 0. The van der Waals surface area contributed by atoms with Crippen molar-refractivity contribution in [2.24, 2.45) is 0 Å². The summed E-state index contributed by atoms with van der Waals surface area (Å²) in [4.78, 5) is 47.6. The molecule has 0 saturated carbocycles. The molecule has 0 bridgehead atoms. The van der Waals surface area contributed by atoms with Gasteiger partial charge in [-0.1, -0.05) is 24.3 Å². The average molecular weight is 456 g/mol. The molecule has 2 heterocycles. The lowest BCUT2D eigenvalue weighted by atomic mass is 10.0. The van der Waals surface area contributed by atoms with Gasteiger partial charge in [0.2, 0.25) is 0 Å². The van der Waals surface area contributed by atoms with Crippen LogP contribution in [0.2, 0.25) is 0 Å². The molecule has 3 aromatic carbocycles. The van der Waals surface area contributed by atoms with Crippen molar-refractivity contribution < 1.29 is 38.1 Å². The number of esters is 4. The Morgan fingerprint density at radius 2 is 0.971 bits per heavy atom. The average Bonchev–Trinajstić information content (AvgIpc) is 3.26. The topological polar surface area (TPSA) is 105 Å². The fourth-order valence-corrected chi connectivity index (χ4v) is 3.90. The molecule has 0 fully saturated rings. The fourth-order valence-electron chi connectivity index (χ4n) is 3.90. The lowest BCUT2D eigenvalue weighted by Gasteiger charge is -2.03. The minimum Gasteiger partial charge on any atom is -0.427 e. The standard InChI is InChI=1S/C26H16O8/c1-13(27)31-17-7-3-15(4-8-17)23-19-11-22-20(12-21(19)33-25(23)29)24(26(30)34-22)16-5-9-18(10-6-16)32-14(2)28/h3-12H,1-2H3. The molecule has 2 aliphatic rings. The Morgan fingerprint density at radius 1 is 0.618 bits per heavy atom. The SMILES string of the molecule is CC(=O)Oc1ccc(C2=c3cc4c(cc3OC2=O)=C(c2ccc(OC(C)=O)cc2)C(=O)O4)cc1. The molecule has 34 heavy (non-hydrogen) atoms. The third-order valence-electron chi connectivity index (χ3n) is 5.24. The van der Waals surface area contributed by atoms with E-state index in [2.05, 4.69) is 0 Å². The van der Waals surface area contributed by atoms with Gasteiger partial charge in [0.15, 0.2) is 0 Å². The van der Waals surface area contributed by atoms with Gasteiger partial charge in [-0.2, -0.15) is 0 Å². The van der Waals surface area contributed by atoms with Crippen LogP contribution in [0, 0.1) is 0 Å².